The highest BCUT2D eigenvalue weighted by Gasteiger charge is 2.16. The SMILES string of the molecule is COc1ccc(S[C@H](C)C(=O)NCCN2CCOCC2)cc1OC. The molecule has 134 valence electrons. The van der Waals surface area contributed by atoms with Gasteiger partial charge in [0.05, 0.1) is 32.7 Å². The van der Waals surface area contributed by atoms with Gasteiger partial charge < -0.3 is 19.5 Å². The van der Waals surface area contributed by atoms with Gasteiger partial charge in [0.2, 0.25) is 5.91 Å². The van der Waals surface area contributed by atoms with Gasteiger partial charge >= 0.3 is 0 Å². The average Bonchev–Trinajstić information content (AvgIpc) is 2.62. The van der Waals surface area contributed by atoms with Gasteiger partial charge in [-0.25, -0.2) is 0 Å². The van der Waals surface area contributed by atoms with Gasteiger partial charge in [0.1, 0.15) is 0 Å². The van der Waals surface area contributed by atoms with Gasteiger partial charge in [-0.05, 0) is 25.1 Å². The van der Waals surface area contributed by atoms with Crippen LogP contribution in [0.2, 0.25) is 0 Å². The second-order valence-electron chi connectivity index (χ2n) is 5.52. The maximum absolute atomic E-state index is 12.2. The lowest BCUT2D eigenvalue weighted by Crippen LogP contribution is -2.42. The molecule has 1 amide bonds. The van der Waals surface area contributed by atoms with E-state index in [4.69, 9.17) is 14.2 Å². The summed E-state index contributed by atoms with van der Waals surface area (Å²) >= 11 is 1.51. The molecule has 0 bridgehead atoms. The van der Waals surface area contributed by atoms with Crippen molar-refractivity contribution in [2.45, 2.75) is 17.1 Å². The Bertz CT molecular complexity index is 535. The number of benzene rings is 1. The summed E-state index contributed by atoms with van der Waals surface area (Å²) in [5.74, 6) is 1.40. The molecule has 6 nitrogen and oxygen atoms in total. The second kappa shape index (κ2) is 9.76. The van der Waals surface area contributed by atoms with Crippen molar-refractivity contribution in [3.63, 3.8) is 0 Å². The minimum absolute atomic E-state index is 0.0445. The molecule has 1 N–H and O–H groups in total. The lowest BCUT2D eigenvalue weighted by molar-refractivity contribution is -0.120. The van der Waals surface area contributed by atoms with Crippen LogP contribution in [0.25, 0.3) is 0 Å². The Morgan fingerprint density at radius 3 is 2.67 bits per heavy atom. The van der Waals surface area contributed by atoms with Crippen LogP contribution in [-0.4, -0.2) is 69.7 Å². The molecule has 1 aliphatic rings. The van der Waals surface area contributed by atoms with Crippen LogP contribution in [0.5, 0.6) is 11.5 Å². The van der Waals surface area contributed by atoms with E-state index in [2.05, 4.69) is 10.2 Å². The second-order valence-corrected chi connectivity index (χ2v) is 6.94. The summed E-state index contributed by atoms with van der Waals surface area (Å²) in [4.78, 5) is 15.5. The number of ether oxygens (including phenoxy) is 3. The van der Waals surface area contributed by atoms with E-state index in [1.807, 2.05) is 25.1 Å². The number of thioether (sulfide) groups is 1. The van der Waals surface area contributed by atoms with Crippen molar-refractivity contribution in [3.05, 3.63) is 18.2 Å². The third-order valence-corrected chi connectivity index (χ3v) is 4.96. The summed E-state index contributed by atoms with van der Waals surface area (Å²) in [6, 6.07) is 5.68. The van der Waals surface area contributed by atoms with E-state index in [9.17, 15) is 4.79 Å². The van der Waals surface area contributed by atoms with Gasteiger partial charge in [0.25, 0.3) is 0 Å². The van der Waals surface area contributed by atoms with Crippen molar-refractivity contribution < 1.29 is 19.0 Å². The molecule has 0 spiro atoms. The van der Waals surface area contributed by atoms with Gasteiger partial charge in [-0.3, -0.25) is 9.69 Å². The number of nitrogens with one attached hydrogen (secondary N) is 1. The van der Waals surface area contributed by atoms with E-state index in [-0.39, 0.29) is 11.2 Å². The first-order valence-corrected chi connectivity index (χ1v) is 8.98. The van der Waals surface area contributed by atoms with Crippen LogP contribution in [0, 0.1) is 0 Å². The molecular formula is C17H26N2O4S. The van der Waals surface area contributed by atoms with Crippen molar-refractivity contribution in [3.8, 4) is 11.5 Å². The highest BCUT2D eigenvalue weighted by atomic mass is 32.2. The number of nitrogens with zero attached hydrogens (tertiary/aromatic N) is 1. The van der Waals surface area contributed by atoms with E-state index in [1.54, 1.807) is 14.2 Å². The van der Waals surface area contributed by atoms with E-state index < -0.39 is 0 Å². The number of rotatable bonds is 8. The fourth-order valence-electron chi connectivity index (χ4n) is 2.45. The van der Waals surface area contributed by atoms with Crippen LogP contribution in [-0.2, 0) is 9.53 Å². The summed E-state index contributed by atoms with van der Waals surface area (Å²) in [7, 11) is 3.21. The number of carbonyl (C=O) groups excluding carboxylic acids is 1. The molecule has 0 radical (unpaired) electrons. The van der Waals surface area contributed by atoms with E-state index >= 15 is 0 Å². The number of hydrogen-bond acceptors (Lipinski definition) is 6. The third kappa shape index (κ3) is 5.58. The zero-order valence-corrected chi connectivity index (χ0v) is 15.4. The van der Waals surface area contributed by atoms with Gasteiger partial charge in [0, 0.05) is 31.1 Å². The zero-order chi connectivity index (χ0) is 17.4. The minimum atomic E-state index is -0.173. The van der Waals surface area contributed by atoms with Crippen LogP contribution in [0.3, 0.4) is 0 Å². The number of methoxy groups -OCH3 is 2. The van der Waals surface area contributed by atoms with E-state index in [0.717, 1.165) is 37.7 Å². The maximum atomic E-state index is 12.2. The Balaban J connectivity index is 1.78. The molecule has 0 saturated carbocycles. The zero-order valence-electron chi connectivity index (χ0n) is 14.5. The average molecular weight is 354 g/mol. The van der Waals surface area contributed by atoms with Gasteiger partial charge in [-0.15, -0.1) is 11.8 Å². The summed E-state index contributed by atoms with van der Waals surface area (Å²) in [5, 5.41) is 2.83. The fourth-order valence-corrected chi connectivity index (χ4v) is 3.37. The molecule has 24 heavy (non-hydrogen) atoms. The quantitative estimate of drug-likeness (QED) is 0.716. The van der Waals surface area contributed by atoms with Crippen molar-refractivity contribution in [1.29, 1.82) is 0 Å². The summed E-state index contributed by atoms with van der Waals surface area (Å²) in [6.07, 6.45) is 0. The molecule has 1 aromatic carbocycles. The summed E-state index contributed by atoms with van der Waals surface area (Å²) in [6.45, 7) is 6.86. The maximum Gasteiger partial charge on any atom is 0.233 e. The lowest BCUT2D eigenvalue weighted by Gasteiger charge is -2.26. The Hall–Kier alpha value is -1.44. The predicted octanol–water partition coefficient (Wildman–Crippen LogP) is 1.63. The lowest BCUT2D eigenvalue weighted by atomic mass is 10.3. The van der Waals surface area contributed by atoms with Gasteiger partial charge in [-0.1, -0.05) is 0 Å². The molecule has 1 atom stereocenters. The van der Waals surface area contributed by atoms with Gasteiger partial charge in [0.15, 0.2) is 11.5 Å². The molecule has 1 aliphatic heterocycles. The summed E-state index contributed by atoms with van der Waals surface area (Å²) in [5.41, 5.74) is 0. The Morgan fingerprint density at radius 2 is 2.00 bits per heavy atom. The standard InChI is InChI=1S/C17H26N2O4S/c1-13(17(20)18-6-7-19-8-10-23-11-9-19)24-14-4-5-15(21-2)16(12-14)22-3/h4-5,12-13H,6-11H2,1-3H3,(H,18,20)/t13-/m1/s1. The molecule has 0 aliphatic carbocycles. The molecular weight excluding hydrogens is 328 g/mol. The minimum Gasteiger partial charge on any atom is -0.493 e. The van der Waals surface area contributed by atoms with Crippen LogP contribution in [0.1, 0.15) is 6.92 Å². The van der Waals surface area contributed by atoms with Crippen LogP contribution in [0.15, 0.2) is 23.1 Å². The topological polar surface area (TPSA) is 60.0 Å². The Morgan fingerprint density at radius 1 is 1.29 bits per heavy atom. The van der Waals surface area contributed by atoms with Crippen molar-refractivity contribution >= 4 is 17.7 Å². The molecule has 2 rings (SSSR count). The highest BCUT2D eigenvalue weighted by Crippen LogP contribution is 2.33. The molecule has 7 heteroatoms. The third-order valence-electron chi connectivity index (χ3n) is 3.87. The normalized spacial score (nSPS) is 16.5. The van der Waals surface area contributed by atoms with Crippen LogP contribution >= 0.6 is 11.8 Å². The van der Waals surface area contributed by atoms with Crippen molar-refractivity contribution in [2.75, 3.05) is 53.6 Å². The molecule has 1 heterocycles. The van der Waals surface area contributed by atoms with E-state index in [1.165, 1.54) is 11.8 Å². The van der Waals surface area contributed by atoms with E-state index in [0.29, 0.717) is 18.0 Å². The monoisotopic (exact) mass is 354 g/mol. The first-order valence-electron chi connectivity index (χ1n) is 8.10. The van der Waals surface area contributed by atoms with Crippen molar-refractivity contribution in [2.24, 2.45) is 0 Å². The Kier molecular flexibility index (Phi) is 7.68. The smallest absolute Gasteiger partial charge is 0.233 e. The Labute approximate surface area is 147 Å². The number of carbonyl (C=O) groups is 1. The van der Waals surface area contributed by atoms with Crippen LogP contribution in [0.4, 0.5) is 0 Å². The first-order chi connectivity index (χ1) is 11.6. The number of morpholine rings is 1. The predicted molar refractivity (Wildman–Crippen MR) is 95.1 cm³/mol. The van der Waals surface area contributed by atoms with Crippen molar-refractivity contribution in [1.82, 2.24) is 10.2 Å². The number of hydrogen-bond donors (Lipinski definition) is 1. The molecule has 0 unspecified atom stereocenters. The molecule has 1 fully saturated rings. The fraction of sp³-hybridized carbons (Fsp3) is 0.588. The first kappa shape index (κ1) is 18.9. The summed E-state index contributed by atoms with van der Waals surface area (Å²) < 4.78 is 15.8. The number of amides is 1. The molecule has 0 aromatic heterocycles. The molecule has 1 aromatic rings. The van der Waals surface area contributed by atoms with Gasteiger partial charge in [-0.2, -0.15) is 0 Å². The largest absolute Gasteiger partial charge is 0.493 e. The molecule has 1 saturated heterocycles. The highest BCUT2D eigenvalue weighted by molar-refractivity contribution is 8.00. The van der Waals surface area contributed by atoms with Crippen LogP contribution < -0.4 is 14.8 Å².